The van der Waals surface area contributed by atoms with Crippen LogP contribution in [0.15, 0.2) is 67.0 Å². The fourth-order valence-corrected chi connectivity index (χ4v) is 3.59. The number of imidazole rings is 1. The van der Waals surface area contributed by atoms with Gasteiger partial charge in [-0.3, -0.25) is 14.9 Å². The predicted molar refractivity (Wildman–Crippen MR) is 116 cm³/mol. The van der Waals surface area contributed by atoms with Gasteiger partial charge in [-0.05, 0) is 35.7 Å². The fourth-order valence-electron chi connectivity index (χ4n) is 3.59. The number of nitrogens with one attached hydrogen (secondary N) is 3. The van der Waals surface area contributed by atoms with Crippen molar-refractivity contribution in [3.63, 3.8) is 0 Å². The summed E-state index contributed by atoms with van der Waals surface area (Å²) in [7, 11) is 0. The van der Waals surface area contributed by atoms with Gasteiger partial charge in [0.15, 0.2) is 5.82 Å². The first-order chi connectivity index (χ1) is 14.7. The van der Waals surface area contributed by atoms with Crippen molar-refractivity contribution < 1.29 is 4.79 Å². The number of benzene rings is 2. The van der Waals surface area contributed by atoms with Gasteiger partial charge in [-0.1, -0.05) is 37.3 Å². The van der Waals surface area contributed by atoms with E-state index in [0.29, 0.717) is 12.4 Å². The van der Waals surface area contributed by atoms with Crippen LogP contribution >= 0.6 is 0 Å². The molecule has 0 unspecified atom stereocenters. The molecule has 5 rings (SSSR count). The van der Waals surface area contributed by atoms with Gasteiger partial charge in [0.1, 0.15) is 5.69 Å². The van der Waals surface area contributed by atoms with Gasteiger partial charge >= 0.3 is 0 Å². The molecule has 3 heterocycles. The highest BCUT2D eigenvalue weighted by atomic mass is 16.2. The van der Waals surface area contributed by atoms with Crippen molar-refractivity contribution in [1.29, 1.82) is 0 Å². The number of rotatable bonds is 5. The summed E-state index contributed by atoms with van der Waals surface area (Å²) >= 11 is 0. The summed E-state index contributed by atoms with van der Waals surface area (Å²) in [6.07, 6.45) is 3.48. The SMILES string of the molecule is C[C@H](CNC(=O)c1nc2cc3c(-c4ccncc4)n[nH]c3cc2[nH]1)c1ccccc1. The highest BCUT2D eigenvalue weighted by molar-refractivity contribution is 6.02. The fraction of sp³-hybridized carbons (Fsp3) is 0.130. The molecule has 0 fully saturated rings. The van der Waals surface area contributed by atoms with Crippen LogP contribution in [0, 0.1) is 0 Å². The number of aromatic amines is 2. The molecule has 5 aromatic rings. The van der Waals surface area contributed by atoms with Crippen LogP contribution in [0.3, 0.4) is 0 Å². The highest BCUT2D eigenvalue weighted by Crippen LogP contribution is 2.28. The Morgan fingerprint density at radius 3 is 2.67 bits per heavy atom. The molecule has 0 radical (unpaired) electrons. The van der Waals surface area contributed by atoms with E-state index in [1.807, 2.05) is 42.5 Å². The molecule has 0 saturated heterocycles. The molecule has 3 N–H and O–H groups in total. The minimum Gasteiger partial charge on any atom is -0.349 e. The van der Waals surface area contributed by atoms with E-state index in [4.69, 9.17) is 0 Å². The Hall–Kier alpha value is -4.00. The molecular formula is C23H20N6O. The minimum atomic E-state index is -0.217. The van der Waals surface area contributed by atoms with Crippen LogP contribution in [0.2, 0.25) is 0 Å². The molecule has 148 valence electrons. The Labute approximate surface area is 172 Å². The average Bonchev–Trinajstić information content (AvgIpc) is 3.40. The maximum absolute atomic E-state index is 12.6. The Morgan fingerprint density at radius 2 is 1.87 bits per heavy atom. The molecule has 30 heavy (non-hydrogen) atoms. The highest BCUT2D eigenvalue weighted by Gasteiger charge is 2.16. The number of fused-ring (bicyclic) bond motifs is 2. The smallest absolute Gasteiger partial charge is 0.287 e. The van der Waals surface area contributed by atoms with Crippen molar-refractivity contribution in [2.45, 2.75) is 12.8 Å². The summed E-state index contributed by atoms with van der Waals surface area (Å²) in [6, 6.07) is 17.8. The maximum Gasteiger partial charge on any atom is 0.287 e. The van der Waals surface area contributed by atoms with Crippen LogP contribution < -0.4 is 5.32 Å². The molecule has 1 amide bonds. The van der Waals surface area contributed by atoms with Gasteiger partial charge < -0.3 is 10.3 Å². The molecule has 0 aliphatic heterocycles. The zero-order valence-corrected chi connectivity index (χ0v) is 16.4. The largest absolute Gasteiger partial charge is 0.349 e. The number of hydrogen-bond donors (Lipinski definition) is 3. The van der Waals surface area contributed by atoms with Crippen molar-refractivity contribution in [3.05, 3.63) is 78.4 Å². The second-order valence-corrected chi connectivity index (χ2v) is 7.33. The Morgan fingerprint density at radius 1 is 1.07 bits per heavy atom. The Balaban J connectivity index is 1.40. The summed E-state index contributed by atoms with van der Waals surface area (Å²) in [4.78, 5) is 24.3. The maximum atomic E-state index is 12.6. The van der Waals surface area contributed by atoms with Crippen molar-refractivity contribution in [2.24, 2.45) is 0 Å². The third-order valence-electron chi connectivity index (χ3n) is 5.27. The van der Waals surface area contributed by atoms with Gasteiger partial charge in [0, 0.05) is 29.9 Å². The summed E-state index contributed by atoms with van der Waals surface area (Å²) < 4.78 is 0. The predicted octanol–water partition coefficient (Wildman–Crippen LogP) is 4.03. The standard InChI is InChI=1S/C23H20N6O/c1-14(15-5-3-2-4-6-15)13-25-23(30)22-26-19-11-17-18(12-20(19)27-22)28-29-21(17)16-7-9-24-10-8-16/h2-12,14H,13H2,1H3,(H,25,30)(H,26,27)(H,28,29)/t14-/m1/s1. The lowest BCUT2D eigenvalue weighted by Crippen LogP contribution is -2.28. The lowest BCUT2D eigenvalue weighted by molar-refractivity contribution is 0.0942. The first-order valence-corrected chi connectivity index (χ1v) is 9.80. The average molecular weight is 396 g/mol. The molecule has 0 aliphatic carbocycles. The van der Waals surface area contributed by atoms with Gasteiger partial charge in [-0.25, -0.2) is 4.98 Å². The lowest BCUT2D eigenvalue weighted by Gasteiger charge is -2.12. The number of aromatic nitrogens is 5. The number of H-pyrrole nitrogens is 2. The molecule has 3 aromatic heterocycles. The summed E-state index contributed by atoms with van der Waals surface area (Å²) in [6.45, 7) is 2.63. The van der Waals surface area contributed by atoms with Crippen molar-refractivity contribution in [1.82, 2.24) is 30.5 Å². The van der Waals surface area contributed by atoms with Crippen LogP contribution in [-0.2, 0) is 0 Å². The number of carbonyl (C=O) groups is 1. The van der Waals surface area contributed by atoms with Crippen LogP contribution in [0.4, 0.5) is 0 Å². The van der Waals surface area contributed by atoms with E-state index >= 15 is 0 Å². The second kappa shape index (κ2) is 7.44. The molecular weight excluding hydrogens is 376 g/mol. The van der Waals surface area contributed by atoms with Gasteiger partial charge in [0.05, 0.1) is 16.6 Å². The van der Waals surface area contributed by atoms with Gasteiger partial charge in [-0.2, -0.15) is 5.10 Å². The van der Waals surface area contributed by atoms with Gasteiger partial charge in [0.2, 0.25) is 0 Å². The minimum absolute atomic E-state index is 0.215. The van der Waals surface area contributed by atoms with Gasteiger partial charge in [-0.15, -0.1) is 0 Å². The zero-order chi connectivity index (χ0) is 20.5. The van der Waals surface area contributed by atoms with E-state index < -0.39 is 0 Å². The second-order valence-electron chi connectivity index (χ2n) is 7.33. The summed E-state index contributed by atoms with van der Waals surface area (Å²) in [5, 5.41) is 11.4. The Kier molecular flexibility index (Phi) is 4.48. The Bertz CT molecular complexity index is 1320. The molecule has 0 aliphatic rings. The third-order valence-corrected chi connectivity index (χ3v) is 5.27. The molecule has 0 spiro atoms. The van der Waals surface area contributed by atoms with Crippen molar-refractivity contribution >= 4 is 27.8 Å². The number of pyridine rings is 1. The molecule has 0 bridgehead atoms. The quantitative estimate of drug-likeness (QED) is 0.417. The van der Waals surface area contributed by atoms with E-state index in [0.717, 1.165) is 33.2 Å². The van der Waals surface area contributed by atoms with E-state index in [1.165, 1.54) is 5.56 Å². The molecule has 0 saturated carbocycles. The number of hydrogen-bond acceptors (Lipinski definition) is 4. The number of amides is 1. The van der Waals surface area contributed by atoms with E-state index in [2.05, 4.69) is 49.5 Å². The van der Waals surface area contributed by atoms with E-state index in [9.17, 15) is 4.79 Å². The van der Waals surface area contributed by atoms with Crippen molar-refractivity contribution in [2.75, 3.05) is 6.54 Å². The first-order valence-electron chi connectivity index (χ1n) is 9.80. The molecule has 2 aromatic carbocycles. The zero-order valence-electron chi connectivity index (χ0n) is 16.4. The topological polar surface area (TPSA) is 99.3 Å². The number of carbonyl (C=O) groups excluding carboxylic acids is 1. The monoisotopic (exact) mass is 396 g/mol. The third kappa shape index (κ3) is 3.30. The van der Waals surface area contributed by atoms with E-state index in [1.54, 1.807) is 12.4 Å². The van der Waals surface area contributed by atoms with Crippen LogP contribution in [-0.4, -0.2) is 37.6 Å². The van der Waals surface area contributed by atoms with Crippen LogP contribution in [0.1, 0.15) is 29.0 Å². The van der Waals surface area contributed by atoms with Gasteiger partial charge in [0.25, 0.3) is 5.91 Å². The molecule has 1 atom stereocenters. The number of nitrogens with zero attached hydrogens (tertiary/aromatic N) is 3. The van der Waals surface area contributed by atoms with E-state index in [-0.39, 0.29) is 11.8 Å². The molecule has 7 heteroatoms. The van der Waals surface area contributed by atoms with Crippen LogP contribution in [0.5, 0.6) is 0 Å². The summed E-state index contributed by atoms with van der Waals surface area (Å²) in [5.74, 6) is 0.299. The van der Waals surface area contributed by atoms with Crippen molar-refractivity contribution in [3.8, 4) is 11.3 Å². The van der Waals surface area contributed by atoms with Crippen LogP contribution in [0.25, 0.3) is 33.2 Å². The molecule has 7 nitrogen and oxygen atoms in total. The summed E-state index contributed by atoms with van der Waals surface area (Å²) in [5.41, 5.74) is 5.38. The normalized spacial score (nSPS) is 12.3. The lowest BCUT2D eigenvalue weighted by atomic mass is 10.0. The first kappa shape index (κ1) is 18.1.